The highest BCUT2D eigenvalue weighted by Crippen LogP contribution is 2.11. The van der Waals surface area contributed by atoms with E-state index in [2.05, 4.69) is 27.8 Å². The van der Waals surface area contributed by atoms with Crippen LogP contribution in [0.2, 0.25) is 0 Å². The minimum atomic E-state index is -0.160. The van der Waals surface area contributed by atoms with Gasteiger partial charge in [0.25, 0.3) is 0 Å². The summed E-state index contributed by atoms with van der Waals surface area (Å²) in [7, 11) is 1.42. The number of aromatic nitrogens is 3. The number of hydrogen-bond donors (Lipinski definition) is 0. The predicted molar refractivity (Wildman–Crippen MR) is 93.9 cm³/mol. The predicted octanol–water partition coefficient (Wildman–Crippen LogP) is 3.92. The number of esters is 1. The molecule has 0 radical (unpaired) electrons. The van der Waals surface area contributed by atoms with Crippen LogP contribution in [0.3, 0.4) is 0 Å². The van der Waals surface area contributed by atoms with Crippen LogP contribution < -0.4 is 4.74 Å². The number of rotatable bonds is 13. The summed E-state index contributed by atoms with van der Waals surface area (Å²) in [5.74, 6) is -0.160. The van der Waals surface area contributed by atoms with E-state index in [-0.39, 0.29) is 5.97 Å². The second-order valence-electron chi connectivity index (χ2n) is 5.98. The summed E-state index contributed by atoms with van der Waals surface area (Å²) in [4.78, 5) is 15.2. The van der Waals surface area contributed by atoms with Crippen LogP contribution in [0.1, 0.15) is 65.2 Å². The highest BCUT2D eigenvalue weighted by atomic mass is 16.5. The van der Waals surface area contributed by atoms with E-state index in [1.54, 1.807) is 4.68 Å². The van der Waals surface area contributed by atoms with Crippen molar-refractivity contribution in [2.45, 2.75) is 71.8 Å². The minimum Gasteiger partial charge on any atom is -0.469 e. The molecule has 6 heteroatoms. The molecule has 1 rings (SSSR count). The number of methoxy groups -OCH3 is 1. The number of allylic oxidation sites excluding steroid dienone is 2. The van der Waals surface area contributed by atoms with E-state index in [0.29, 0.717) is 25.6 Å². The fraction of sp³-hybridized carbons (Fsp3) is 0.722. The Morgan fingerprint density at radius 2 is 2.04 bits per heavy atom. The Morgan fingerprint density at radius 3 is 2.79 bits per heavy atom. The first-order valence-electron chi connectivity index (χ1n) is 8.90. The van der Waals surface area contributed by atoms with Gasteiger partial charge in [0.15, 0.2) is 0 Å². The Balaban J connectivity index is 2.29. The van der Waals surface area contributed by atoms with E-state index >= 15 is 0 Å². The van der Waals surface area contributed by atoms with E-state index in [9.17, 15) is 4.79 Å². The molecule has 0 saturated heterocycles. The lowest BCUT2D eigenvalue weighted by Crippen LogP contribution is -2.08. The largest absolute Gasteiger partial charge is 0.469 e. The highest BCUT2D eigenvalue weighted by molar-refractivity contribution is 5.69. The molecule has 1 aromatic heterocycles. The van der Waals surface area contributed by atoms with Crippen molar-refractivity contribution in [3.63, 3.8) is 0 Å². The number of carbonyl (C=O) groups is 1. The molecule has 0 unspecified atom stereocenters. The summed E-state index contributed by atoms with van der Waals surface area (Å²) in [6.07, 6.45) is 11.8. The maximum Gasteiger partial charge on any atom is 0.315 e. The van der Waals surface area contributed by atoms with Gasteiger partial charge < -0.3 is 9.47 Å². The lowest BCUT2D eigenvalue weighted by molar-refractivity contribution is -0.140. The van der Waals surface area contributed by atoms with Gasteiger partial charge in [-0.15, -0.1) is 0 Å². The van der Waals surface area contributed by atoms with Gasteiger partial charge in [-0.1, -0.05) is 44.3 Å². The molecule has 1 heterocycles. The second-order valence-corrected chi connectivity index (χ2v) is 5.98. The number of carbonyl (C=O) groups excluding carboxylic acids is 1. The lowest BCUT2D eigenvalue weighted by atomic mass is 10.2. The molecule has 0 spiro atoms. The molecule has 1 aromatic rings. The van der Waals surface area contributed by atoms with E-state index < -0.39 is 0 Å². The number of nitrogens with zero attached hydrogens (tertiary/aromatic N) is 3. The third-order valence-corrected chi connectivity index (χ3v) is 3.76. The first-order valence-corrected chi connectivity index (χ1v) is 8.90. The van der Waals surface area contributed by atoms with Gasteiger partial charge in [-0.05, 0) is 26.2 Å². The van der Waals surface area contributed by atoms with Gasteiger partial charge in [0.1, 0.15) is 6.33 Å². The summed E-state index contributed by atoms with van der Waals surface area (Å²) in [5, 5.41) is 4.22. The van der Waals surface area contributed by atoms with Crippen LogP contribution in [-0.2, 0) is 16.1 Å². The maximum atomic E-state index is 11.1. The molecule has 24 heavy (non-hydrogen) atoms. The van der Waals surface area contributed by atoms with Crippen LogP contribution in [0.4, 0.5) is 0 Å². The third kappa shape index (κ3) is 8.70. The molecule has 0 bridgehead atoms. The fourth-order valence-corrected chi connectivity index (χ4v) is 2.34. The fourth-order valence-electron chi connectivity index (χ4n) is 2.34. The van der Waals surface area contributed by atoms with E-state index in [0.717, 1.165) is 19.3 Å². The van der Waals surface area contributed by atoms with E-state index in [1.165, 1.54) is 44.7 Å². The normalized spacial score (nSPS) is 11.5. The monoisotopic (exact) mass is 337 g/mol. The van der Waals surface area contributed by atoms with Gasteiger partial charge in [0, 0.05) is 6.42 Å². The van der Waals surface area contributed by atoms with Crippen molar-refractivity contribution in [3.8, 4) is 6.01 Å². The minimum absolute atomic E-state index is 0.160. The topological polar surface area (TPSA) is 66.2 Å². The average molecular weight is 337 g/mol. The summed E-state index contributed by atoms with van der Waals surface area (Å²) in [6.45, 7) is 5.60. The van der Waals surface area contributed by atoms with E-state index in [4.69, 9.17) is 4.74 Å². The van der Waals surface area contributed by atoms with Gasteiger partial charge >= 0.3 is 12.0 Å². The molecule has 0 atom stereocenters. The molecular formula is C18H31N3O3. The molecule has 0 aliphatic carbocycles. The van der Waals surface area contributed by atoms with Crippen molar-refractivity contribution in [1.82, 2.24) is 14.8 Å². The second kappa shape index (κ2) is 12.6. The lowest BCUT2D eigenvalue weighted by Gasteiger charge is -2.08. The zero-order valence-corrected chi connectivity index (χ0v) is 15.3. The van der Waals surface area contributed by atoms with Gasteiger partial charge in [0.05, 0.1) is 20.3 Å². The molecule has 0 amide bonds. The molecule has 0 aliphatic rings. The molecule has 6 nitrogen and oxygen atoms in total. The first kappa shape index (κ1) is 20.2. The Bertz CT molecular complexity index is 497. The summed E-state index contributed by atoms with van der Waals surface area (Å²) < 4.78 is 12.1. The van der Waals surface area contributed by atoms with E-state index in [1.807, 2.05) is 6.92 Å². The Morgan fingerprint density at radius 1 is 1.25 bits per heavy atom. The van der Waals surface area contributed by atoms with Crippen LogP contribution in [0.5, 0.6) is 6.01 Å². The molecule has 0 saturated carbocycles. The maximum absolute atomic E-state index is 11.1. The van der Waals surface area contributed by atoms with Crippen molar-refractivity contribution in [2.75, 3.05) is 13.7 Å². The van der Waals surface area contributed by atoms with Crippen molar-refractivity contribution >= 4 is 5.97 Å². The van der Waals surface area contributed by atoms with Gasteiger partial charge in [-0.25, -0.2) is 4.68 Å². The molecular weight excluding hydrogens is 306 g/mol. The van der Waals surface area contributed by atoms with Gasteiger partial charge in [0.2, 0.25) is 0 Å². The van der Waals surface area contributed by atoms with Crippen LogP contribution >= 0.6 is 0 Å². The number of hydrogen-bond acceptors (Lipinski definition) is 5. The van der Waals surface area contributed by atoms with Crippen molar-refractivity contribution in [2.24, 2.45) is 0 Å². The summed E-state index contributed by atoms with van der Waals surface area (Å²) >= 11 is 0. The van der Waals surface area contributed by atoms with Crippen molar-refractivity contribution in [3.05, 3.63) is 18.0 Å². The van der Waals surface area contributed by atoms with Crippen LogP contribution in [0, 0.1) is 0 Å². The smallest absolute Gasteiger partial charge is 0.315 e. The highest BCUT2D eigenvalue weighted by Gasteiger charge is 2.06. The molecule has 0 aromatic carbocycles. The van der Waals surface area contributed by atoms with Gasteiger partial charge in [-0.3, -0.25) is 4.79 Å². The molecule has 0 aliphatic heterocycles. The SMILES string of the molecule is CCCCCCCOc1ncnn1CC(C)=CCCCC(=O)OC. The zero-order chi connectivity index (χ0) is 17.6. The average Bonchev–Trinajstić information content (AvgIpc) is 3.01. The van der Waals surface area contributed by atoms with Crippen LogP contribution in [0.15, 0.2) is 18.0 Å². The number of ether oxygens (including phenoxy) is 2. The number of unbranched alkanes of at least 4 members (excludes halogenated alkanes) is 5. The van der Waals surface area contributed by atoms with Crippen LogP contribution in [0.25, 0.3) is 0 Å². The molecule has 0 N–H and O–H groups in total. The first-order chi connectivity index (χ1) is 11.7. The van der Waals surface area contributed by atoms with Crippen molar-refractivity contribution < 1.29 is 14.3 Å². The van der Waals surface area contributed by atoms with Gasteiger partial charge in [-0.2, -0.15) is 10.1 Å². The molecule has 136 valence electrons. The zero-order valence-electron chi connectivity index (χ0n) is 15.3. The third-order valence-electron chi connectivity index (χ3n) is 3.76. The standard InChI is InChI=1S/C18H31N3O3/c1-4-5-6-7-10-13-24-18-19-15-20-21(18)14-16(2)11-8-9-12-17(22)23-3/h11,15H,4-10,12-14H2,1-3H3. The quantitative estimate of drug-likeness (QED) is 0.310. The molecule has 0 fully saturated rings. The Kier molecular flexibility index (Phi) is 10.6. The van der Waals surface area contributed by atoms with Crippen LogP contribution in [-0.4, -0.2) is 34.5 Å². The van der Waals surface area contributed by atoms with Crippen molar-refractivity contribution in [1.29, 1.82) is 0 Å². The Hall–Kier alpha value is -1.85. The summed E-state index contributed by atoms with van der Waals surface area (Å²) in [6, 6.07) is 0.577. The Labute approximate surface area is 145 Å². The summed E-state index contributed by atoms with van der Waals surface area (Å²) in [5.41, 5.74) is 1.18.